The number of carbonyl (C=O) groups excluding carboxylic acids is 2. The zero-order valence-electron chi connectivity index (χ0n) is 16.4. The van der Waals surface area contributed by atoms with Gasteiger partial charge in [0.2, 0.25) is 0 Å². The number of benzene rings is 1. The van der Waals surface area contributed by atoms with Crippen molar-refractivity contribution in [3.05, 3.63) is 41.3 Å². The monoisotopic (exact) mass is 435 g/mol. The summed E-state index contributed by atoms with van der Waals surface area (Å²) in [6.07, 6.45) is -0.815. The van der Waals surface area contributed by atoms with Gasteiger partial charge in [-0.3, -0.25) is 14.5 Å². The second kappa shape index (κ2) is 8.69. The minimum absolute atomic E-state index is 0.0921. The van der Waals surface area contributed by atoms with E-state index in [2.05, 4.69) is 22.5 Å². The molecule has 2 bridgehead atoms. The number of rotatable bonds is 6. The van der Waals surface area contributed by atoms with Crippen LogP contribution in [0.25, 0.3) is 0 Å². The van der Waals surface area contributed by atoms with Gasteiger partial charge in [0.15, 0.2) is 5.06 Å². The smallest absolute Gasteiger partial charge is 0.315 e. The van der Waals surface area contributed by atoms with E-state index >= 15 is 0 Å². The van der Waals surface area contributed by atoms with Crippen molar-refractivity contribution in [3.63, 3.8) is 0 Å². The van der Waals surface area contributed by atoms with E-state index in [4.69, 9.17) is 4.74 Å². The summed E-state index contributed by atoms with van der Waals surface area (Å²) in [6.45, 7) is 4.40. The van der Waals surface area contributed by atoms with E-state index in [9.17, 15) is 18.4 Å². The first-order valence-electron chi connectivity index (χ1n) is 9.92. The van der Waals surface area contributed by atoms with Crippen LogP contribution in [0.4, 0.5) is 14.5 Å². The maximum absolute atomic E-state index is 12.7. The Morgan fingerprint density at radius 1 is 1.13 bits per heavy atom. The van der Waals surface area contributed by atoms with E-state index in [-0.39, 0.29) is 17.6 Å². The molecule has 1 aromatic carbocycles. The highest BCUT2D eigenvalue weighted by molar-refractivity contribution is 7.15. The average molecular weight is 435 g/mol. The highest BCUT2D eigenvalue weighted by Gasteiger charge is 2.40. The number of alkyl halides is 2. The van der Waals surface area contributed by atoms with Gasteiger partial charge < -0.3 is 15.4 Å². The van der Waals surface area contributed by atoms with Crippen LogP contribution in [-0.2, 0) is 4.79 Å². The molecule has 1 aromatic heterocycles. The standard InChI is InChI=1S/C21H23F2N3O3S/c1-12-18(13-8-10-26(12)11-9-13)25-20(27)16-6-7-17(30-16)29-15-4-2-14(3-5-15)24-21(28)19(22)23/h2-7,12-13,18-19H,8-11H2,1H3,(H,24,28)(H,25,27)/t12-,18-/m0/s1. The van der Waals surface area contributed by atoms with Gasteiger partial charge in [-0.1, -0.05) is 11.3 Å². The van der Waals surface area contributed by atoms with Crippen LogP contribution in [0.3, 0.4) is 0 Å². The van der Waals surface area contributed by atoms with E-state index in [1.807, 2.05) is 0 Å². The summed E-state index contributed by atoms with van der Waals surface area (Å²) < 4.78 is 30.3. The van der Waals surface area contributed by atoms with E-state index in [1.54, 1.807) is 24.3 Å². The van der Waals surface area contributed by atoms with Gasteiger partial charge in [0.25, 0.3) is 11.8 Å². The number of ether oxygens (including phenoxy) is 1. The Labute approximate surface area is 177 Å². The van der Waals surface area contributed by atoms with Crippen LogP contribution in [-0.4, -0.2) is 48.3 Å². The predicted molar refractivity (Wildman–Crippen MR) is 110 cm³/mol. The number of hydrogen-bond donors (Lipinski definition) is 2. The number of piperidine rings is 3. The fourth-order valence-electron chi connectivity index (χ4n) is 4.18. The molecule has 3 aliphatic rings. The molecule has 0 unspecified atom stereocenters. The van der Waals surface area contributed by atoms with Gasteiger partial charge in [-0.2, -0.15) is 8.78 Å². The number of fused-ring (bicyclic) bond motifs is 3. The number of hydrogen-bond acceptors (Lipinski definition) is 5. The van der Waals surface area contributed by atoms with E-state index in [1.165, 1.54) is 23.5 Å². The highest BCUT2D eigenvalue weighted by atomic mass is 32.1. The maximum atomic E-state index is 12.7. The van der Waals surface area contributed by atoms with E-state index < -0.39 is 12.3 Å². The molecule has 3 aliphatic heterocycles. The number of amides is 2. The minimum atomic E-state index is -3.07. The van der Waals surface area contributed by atoms with Crippen molar-refractivity contribution in [3.8, 4) is 10.8 Å². The number of nitrogens with one attached hydrogen (secondary N) is 2. The Kier molecular flexibility index (Phi) is 6.01. The van der Waals surface area contributed by atoms with Crippen molar-refractivity contribution < 1.29 is 23.1 Å². The molecule has 2 N–H and O–H groups in total. The van der Waals surface area contributed by atoms with Crippen molar-refractivity contribution in [2.24, 2.45) is 5.92 Å². The Balaban J connectivity index is 1.35. The van der Waals surface area contributed by atoms with Crippen LogP contribution in [0.5, 0.6) is 10.8 Å². The van der Waals surface area contributed by atoms with Gasteiger partial charge in [0.05, 0.1) is 4.88 Å². The fraction of sp³-hybridized carbons (Fsp3) is 0.429. The summed E-state index contributed by atoms with van der Waals surface area (Å²) in [5, 5.41) is 5.86. The molecule has 6 nitrogen and oxygen atoms in total. The molecule has 2 aromatic rings. The summed E-state index contributed by atoms with van der Waals surface area (Å²) in [5.41, 5.74) is 0.255. The Bertz CT molecular complexity index is 908. The normalized spacial score (nSPS) is 25.2. The molecule has 0 aliphatic carbocycles. The van der Waals surface area contributed by atoms with Crippen molar-refractivity contribution in [2.45, 2.75) is 38.3 Å². The number of nitrogens with zero attached hydrogens (tertiary/aromatic N) is 1. The van der Waals surface area contributed by atoms with Gasteiger partial charge in [-0.15, -0.1) is 0 Å². The summed E-state index contributed by atoms with van der Waals surface area (Å²) in [6, 6.07) is 10.1. The van der Waals surface area contributed by atoms with Gasteiger partial charge in [-0.25, -0.2) is 0 Å². The van der Waals surface area contributed by atoms with Crippen LogP contribution in [0.1, 0.15) is 29.4 Å². The Morgan fingerprint density at radius 2 is 1.83 bits per heavy atom. The van der Waals surface area contributed by atoms with Crippen molar-refractivity contribution in [1.82, 2.24) is 10.2 Å². The molecule has 9 heteroatoms. The molecule has 3 fully saturated rings. The molecule has 2 atom stereocenters. The topological polar surface area (TPSA) is 70.7 Å². The molecular weight excluding hydrogens is 412 g/mol. The maximum Gasteiger partial charge on any atom is 0.315 e. The molecule has 2 amide bonds. The summed E-state index contributed by atoms with van der Waals surface area (Å²) >= 11 is 1.25. The van der Waals surface area contributed by atoms with Gasteiger partial charge in [-0.05, 0) is 75.2 Å². The second-order valence-corrected chi connectivity index (χ2v) is 8.69. The zero-order chi connectivity index (χ0) is 21.3. The highest BCUT2D eigenvalue weighted by Crippen LogP contribution is 2.34. The predicted octanol–water partition coefficient (Wildman–Crippen LogP) is 3.96. The van der Waals surface area contributed by atoms with Gasteiger partial charge in [0.1, 0.15) is 5.75 Å². The van der Waals surface area contributed by atoms with Gasteiger partial charge in [0, 0.05) is 17.8 Å². The third-order valence-electron chi connectivity index (χ3n) is 5.82. The third-order valence-corrected chi connectivity index (χ3v) is 6.78. The quantitative estimate of drug-likeness (QED) is 0.721. The summed E-state index contributed by atoms with van der Waals surface area (Å²) in [5.74, 6) is -0.432. The van der Waals surface area contributed by atoms with Crippen molar-refractivity contribution in [1.29, 1.82) is 0 Å². The molecule has 160 valence electrons. The molecule has 4 heterocycles. The molecule has 0 spiro atoms. The molecule has 0 saturated carbocycles. The fourth-order valence-corrected chi connectivity index (χ4v) is 4.96. The summed E-state index contributed by atoms with van der Waals surface area (Å²) in [7, 11) is 0. The SMILES string of the molecule is C[C@H]1[C@H](NC(=O)c2ccc(Oc3ccc(NC(=O)C(F)F)cc3)s2)C2CCN1CC2. The Morgan fingerprint density at radius 3 is 2.47 bits per heavy atom. The minimum Gasteiger partial charge on any atom is -0.447 e. The molecule has 3 saturated heterocycles. The second-order valence-electron chi connectivity index (χ2n) is 7.65. The largest absolute Gasteiger partial charge is 0.447 e. The van der Waals surface area contributed by atoms with Crippen LogP contribution in [0.15, 0.2) is 36.4 Å². The lowest BCUT2D eigenvalue weighted by molar-refractivity contribution is -0.126. The van der Waals surface area contributed by atoms with Crippen molar-refractivity contribution >= 4 is 28.8 Å². The van der Waals surface area contributed by atoms with E-state index in [0.717, 1.165) is 25.9 Å². The lowest BCUT2D eigenvalue weighted by atomic mass is 9.79. The first kappa shape index (κ1) is 20.7. The molecule has 0 radical (unpaired) electrons. The van der Waals surface area contributed by atoms with Crippen LogP contribution in [0.2, 0.25) is 0 Å². The van der Waals surface area contributed by atoms with Crippen LogP contribution in [0, 0.1) is 5.92 Å². The number of halogens is 2. The number of thiophene rings is 1. The zero-order valence-corrected chi connectivity index (χ0v) is 17.3. The first-order valence-corrected chi connectivity index (χ1v) is 10.7. The molecular formula is C21H23F2N3O3S. The summed E-state index contributed by atoms with van der Waals surface area (Å²) in [4.78, 5) is 26.8. The lowest BCUT2D eigenvalue weighted by Crippen LogP contribution is -2.62. The first-order chi connectivity index (χ1) is 14.4. The van der Waals surface area contributed by atoms with Crippen LogP contribution < -0.4 is 15.4 Å². The van der Waals surface area contributed by atoms with Crippen LogP contribution >= 0.6 is 11.3 Å². The lowest BCUT2D eigenvalue weighted by Gasteiger charge is -2.49. The number of carbonyl (C=O) groups is 2. The third kappa shape index (κ3) is 4.46. The van der Waals surface area contributed by atoms with Crippen molar-refractivity contribution in [2.75, 3.05) is 18.4 Å². The molecule has 5 rings (SSSR count). The van der Waals surface area contributed by atoms with E-state index in [0.29, 0.717) is 27.6 Å². The Hall–Kier alpha value is -2.52. The number of anilines is 1. The average Bonchev–Trinajstić information content (AvgIpc) is 3.21. The van der Waals surface area contributed by atoms with Gasteiger partial charge >= 0.3 is 6.43 Å². The molecule has 30 heavy (non-hydrogen) atoms.